The van der Waals surface area contributed by atoms with Crippen LogP contribution in [0.1, 0.15) is 45.6 Å². The Labute approximate surface area is 181 Å². The third-order valence-electron chi connectivity index (χ3n) is 5.74. The van der Waals surface area contributed by atoms with Gasteiger partial charge in [-0.25, -0.2) is 8.42 Å². The smallest absolute Gasteiger partial charge is 0.226 e. The number of piperidine rings is 1. The summed E-state index contributed by atoms with van der Waals surface area (Å²) in [6.07, 6.45) is 2.00. The van der Waals surface area contributed by atoms with E-state index >= 15 is 0 Å². The Balaban J connectivity index is 1.81. The second-order valence-corrected chi connectivity index (χ2v) is 11.4. The summed E-state index contributed by atoms with van der Waals surface area (Å²) in [4.78, 5) is 28.5. The first-order valence-corrected chi connectivity index (χ1v) is 12.7. The summed E-state index contributed by atoms with van der Waals surface area (Å²) in [7, 11) is -3.71. The van der Waals surface area contributed by atoms with E-state index in [-0.39, 0.29) is 28.9 Å². The van der Waals surface area contributed by atoms with Crippen molar-refractivity contribution >= 4 is 43.3 Å². The zero-order valence-corrected chi connectivity index (χ0v) is 19.7. The molecule has 6 nitrogen and oxygen atoms in total. The van der Waals surface area contributed by atoms with Crippen LogP contribution in [0.3, 0.4) is 0 Å². The van der Waals surface area contributed by atoms with Crippen molar-refractivity contribution in [3.63, 3.8) is 0 Å². The van der Waals surface area contributed by atoms with Gasteiger partial charge in [0.1, 0.15) is 0 Å². The molecule has 0 aliphatic carbocycles. The molecule has 2 atom stereocenters. The highest BCUT2D eigenvalue weighted by molar-refractivity contribution is 9.10. The summed E-state index contributed by atoms with van der Waals surface area (Å²) >= 11 is 3.39. The largest absolute Gasteiger partial charge is 0.342 e. The molecule has 0 bridgehead atoms. The first-order valence-electron chi connectivity index (χ1n) is 10.3. The number of halogens is 1. The molecule has 29 heavy (non-hydrogen) atoms. The van der Waals surface area contributed by atoms with E-state index in [0.29, 0.717) is 54.5 Å². The predicted molar refractivity (Wildman–Crippen MR) is 117 cm³/mol. The Morgan fingerprint density at radius 3 is 2.41 bits per heavy atom. The zero-order valence-electron chi connectivity index (χ0n) is 17.3. The monoisotopic (exact) mass is 484 g/mol. The topological polar surface area (TPSA) is 74.8 Å². The molecule has 2 aliphatic rings. The van der Waals surface area contributed by atoms with E-state index in [0.717, 1.165) is 12.0 Å². The van der Waals surface area contributed by atoms with Crippen molar-refractivity contribution in [1.82, 2.24) is 4.90 Å². The van der Waals surface area contributed by atoms with Crippen LogP contribution in [-0.4, -0.2) is 50.5 Å². The van der Waals surface area contributed by atoms with Crippen LogP contribution in [0, 0.1) is 11.8 Å². The summed E-state index contributed by atoms with van der Waals surface area (Å²) in [5.74, 6) is 0.417. The maximum Gasteiger partial charge on any atom is 0.226 e. The summed E-state index contributed by atoms with van der Waals surface area (Å²) in [5.41, 5.74) is 1.34. The van der Waals surface area contributed by atoms with Crippen molar-refractivity contribution in [2.24, 2.45) is 11.8 Å². The summed E-state index contributed by atoms with van der Waals surface area (Å²) in [6.45, 7) is 7.88. The number of amides is 2. The fourth-order valence-corrected chi connectivity index (χ4v) is 6.67. The molecule has 3 rings (SSSR count). The lowest BCUT2D eigenvalue weighted by molar-refractivity contribution is -0.133. The van der Waals surface area contributed by atoms with Crippen LogP contribution in [0.15, 0.2) is 21.5 Å². The molecule has 2 amide bonds. The van der Waals surface area contributed by atoms with Crippen LogP contribution < -0.4 is 4.90 Å². The molecule has 0 spiro atoms. The SMILES string of the molecule is CCC(=O)N1CCc2cc(Br)cc(S(=O)(=O)CCC(=O)N3C[C@@H](C)C[C@H](C)C3)c21. The minimum Gasteiger partial charge on any atom is -0.342 e. The van der Waals surface area contributed by atoms with E-state index in [9.17, 15) is 18.0 Å². The van der Waals surface area contributed by atoms with Crippen LogP contribution in [0.5, 0.6) is 0 Å². The summed E-state index contributed by atoms with van der Waals surface area (Å²) in [5, 5.41) is 0. The van der Waals surface area contributed by atoms with E-state index in [4.69, 9.17) is 0 Å². The van der Waals surface area contributed by atoms with E-state index in [1.807, 2.05) is 6.07 Å². The number of fused-ring (bicyclic) bond motifs is 1. The molecule has 1 saturated heterocycles. The molecule has 8 heteroatoms. The Morgan fingerprint density at radius 1 is 1.14 bits per heavy atom. The molecule has 2 aliphatic heterocycles. The highest BCUT2D eigenvalue weighted by Crippen LogP contribution is 2.38. The van der Waals surface area contributed by atoms with Crippen LogP contribution in [-0.2, 0) is 25.8 Å². The zero-order chi connectivity index (χ0) is 21.3. The average molecular weight is 485 g/mol. The number of sulfone groups is 1. The molecule has 0 N–H and O–H groups in total. The van der Waals surface area contributed by atoms with Gasteiger partial charge in [0.15, 0.2) is 9.84 Å². The molecular weight excluding hydrogens is 456 g/mol. The van der Waals surface area contributed by atoms with Crippen molar-refractivity contribution in [3.8, 4) is 0 Å². The number of nitrogens with zero attached hydrogens (tertiary/aromatic N) is 2. The lowest BCUT2D eigenvalue weighted by atomic mass is 9.92. The number of likely N-dealkylation sites (tertiary alicyclic amines) is 1. The first kappa shape index (κ1) is 22.3. The molecule has 0 radical (unpaired) electrons. The van der Waals surface area contributed by atoms with Gasteiger partial charge in [0.2, 0.25) is 11.8 Å². The fraction of sp³-hybridized carbons (Fsp3) is 0.619. The van der Waals surface area contributed by atoms with Crippen LogP contribution in [0.4, 0.5) is 5.69 Å². The quantitative estimate of drug-likeness (QED) is 0.641. The van der Waals surface area contributed by atoms with Crippen molar-refractivity contribution < 1.29 is 18.0 Å². The Bertz CT molecular complexity index is 906. The normalized spacial score (nSPS) is 21.9. The second-order valence-electron chi connectivity index (χ2n) is 8.37. The molecule has 0 saturated carbocycles. The van der Waals surface area contributed by atoms with E-state index in [2.05, 4.69) is 29.8 Å². The molecule has 160 valence electrons. The number of hydrogen-bond acceptors (Lipinski definition) is 4. The van der Waals surface area contributed by atoms with Gasteiger partial charge in [-0.2, -0.15) is 0 Å². The second kappa shape index (κ2) is 8.76. The van der Waals surface area contributed by atoms with Crippen molar-refractivity contribution in [1.29, 1.82) is 0 Å². The van der Waals surface area contributed by atoms with Gasteiger partial charge >= 0.3 is 0 Å². The Hall–Kier alpha value is -1.41. The Kier molecular flexibility index (Phi) is 6.73. The van der Waals surface area contributed by atoms with Crippen molar-refractivity contribution in [2.75, 3.05) is 30.3 Å². The minimum atomic E-state index is -3.71. The van der Waals surface area contributed by atoms with Gasteiger partial charge in [-0.15, -0.1) is 0 Å². The maximum absolute atomic E-state index is 13.2. The minimum absolute atomic E-state index is 0.0369. The molecule has 1 aromatic carbocycles. The highest BCUT2D eigenvalue weighted by atomic mass is 79.9. The highest BCUT2D eigenvalue weighted by Gasteiger charge is 2.33. The maximum atomic E-state index is 13.2. The number of rotatable bonds is 5. The van der Waals surface area contributed by atoms with Gasteiger partial charge in [-0.3, -0.25) is 9.59 Å². The van der Waals surface area contributed by atoms with E-state index in [1.165, 1.54) is 0 Å². The van der Waals surface area contributed by atoms with E-state index < -0.39 is 9.84 Å². The molecule has 1 fully saturated rings. The number of benzene rings is 1. The van der Waals surface area contributed by atoms with Crippen molar-refractivity contribution in [3.05, 3.63) is 22.2 Å². The van der Waals surface area contributed by atoms with Gasteiger partial charge in [-0.1, -0.05) is 36.7 Å². The lowest BCUT2D eigenvalue weighted by Gasteiger charge is -2.35. The molecular formula is C21H29BrN2O4S. The van der Waals surface area contributed by atoms with Gasteiger partial charge in [-0.05, 0) is 42.4 Å². The number of hydrogen-bond donors (Lipinski definition) is 0. The van der Waals surface area contributed by atoms with E-state index in [1.54, 1.807) is 22.8 Å². The molecule has 1 aromatic rings. The summed E-state index contributed by atoms with van der Waals surface area (Å²) < 4.78 is 27.0. The average Bonchev–Trinajstić information content (AvgIpc) is 3.07. The molecule has 0 unspecified atom stereocenters. The van der Waals surface area contributed by atoms with Gasteiger partial charge < -0.3 is 9.80 Å². The lowest BCUT2D eigenvalue weighted by Crippen LogP contribution is -2.43. The van der Waals surface area contributed by atoms with Gasteiger partial charge in [0.25, 0.3) is 0 Å². The van der Waals surface area contributed by atoms with Gasteiger partial charge in [0.05, 0.1) is 16.3 Å². The third kappa shape index (κ3) is 4.85. The number of carbonyl (C=O) groups is 2. The van der Waals surface area contributed by atoms with Gasteiger partial charge in [0, 0.05) is 36.9 Å². The number of carbonyl (C=O) groups excluding carboxylic acids is 2. The molecule has 2 heterocycles. The standard InChI is InChI=1S/C21H29BrN2O4S/c1-4-19(25)24-7-5-16-10-17(22)11-18(21(16)24)29(27,28)8-6-20(26)23-12-14(2)9-15(3)13-23/h10-11,14-15H,4-9,12-13H2,1-3H3/t14-,15-/m0/s1. The number of anilines is 1. The van der Waals surface area contributed by atoms with Crippen LogP contribution >= 0.6 is 15.9 Å². The van der Waals surface area contributed by atoms with Crippen LogP contribution in [0.2, 0.25) is 0 Å². The van der Waals surface area contributed by atoms with Crippen LogP contribution in [0.25, 0.3) is 0 Å². The first-order chi connectivity index (χ1) is 13.6. The summed E-state index contributed by atoms with van der Waals surface area (Å²) in [6, 6.07) is 3.43. The Morgan fingerprint density at radius 2 is 1.79 bits per heavy atom. The molecule has 0 aromatic heterocycles. The van der Waals surface area contributed by atoms with Crippen molar-refractivity contribution in [2.45, 2.75) is 51.3 Å². The third-order valence-corrected chi connectivity index (χ3v) is 7.92. The predicted octanol–water partition coefficient (Wildman–Crippen LogP) is 3.42. The fourth-order valence-electron chi connectivity index (χ4n) is 4.50.